The largest absolute Gasteiger partial charge is 0.536 e. The van der Waals surface area contributed by atoms with E-state index >= 15 is 0 Å². The van der Waals surface area contributed by atoms with E-state index in [2.05, 4.69) is 84.9 Å². The van der Waals surface area contributed by atoms with E-state index in [0.717, 1.165) is 32.7 Å². The molecule has 168 valence electrons. The summed E-state index contributed by atoms with van der Waals surface area (Å²) >= 11 is 0. The first-order chi connectivity index (χ1) is 17.8. The highest BCUT2D eigenvalue weighted by Crippen LogP contribution is 2.43. The Kier molecular flexibility index (Phi) is 3.97. The van der Waals surface area contributed by atoms with Gasteiger partial charge in [0.05, 0.1) is 0 Å². The van der Waals surface area contributed by atoms with Crippen molar-refractivity contribution < 1.29 is 14.1 Å². The molecule has 0 radical (unpaired) electrons. The van der Waals surface area contributed by atoms with Gasteiger partial charge in [0.15, 0.2) is 5.58 Å². The first-order valence-corrected chi connectivity index (χ1v) is 12.1. The van der Waals surface area contributed by atoms with Crippen LogP contribution in [0, 0.1) is 0 Å². The van der Waals surface area contributed by atoms with Gasteiger partial charge in [-0.05, 0) is 72.4 Å². The van der Waals surface area contributed by atoms with Crippen molar-refractivity contribution in [3.63, 3.8) is 0 Å². The molecule has 0 atom stereocenters. The number of benzene rings is 7. The van der Waals surface area contributed by atoms with Gasteiger partial charge in [0.2, 0.25) is 0 Å². The lowest BCUT2D eigenvalue weighted by atomic mass is 9.89. The molecule has 0 aliphatic carbocycles. The van der Waals surface area contributed by atoms with Gasteiger partial charge in [0, 0.05) is 10.8 Å². The summed E-state index contributed by atoms with van der Waals surface area (Å²) in [4.78, 5) is 0. The zero-order valence-electron chi connectivity index (χ0n) is 19.3. The lowest BCUT2D eigenvalue weighted by Crippen LogP contribution is -1.99. The Labute approximate surface area is 206 Å². The van der Waals surface area contributed by atoms with E-state index in [1.807, 2.05) is 18.2 Å². The molecule has 8 rings (SSSR count). The summed E-state index contributed by atoms with van der Waals surface area (Å²) in [5.74, 6) is 0.548. The molecule has 3 nitrogen and oxygen atoms in total. The molecular weight excluding hydrogens is 443 g/mol. The molecule has 7 aromatic carbocycles. The molecule has 8 aromatic rings. The summed E-state index contributed by atoms with van der Waals surface area (Å²) in [5, 5.41) is 21.3. The fourth-order valence-corrected chi connectivity index (χ4v) is 5.93. The second-order valence-electron chi connectivity index (χ2n) is 9.36. The lowest BCUT2D eigenvalue weighted by molar-refractivity contribution is 0.451. The summed E-state index contributed by atoms with van der Waals surface area (Å²) in [7, 11) is -0.404. The Hall–Kier alpha value is -4.54. The van der Waals surface area contributed by atoms with Crippen molar-refractivity contribution in [2.45, 2.75) is 0 Å². The summed E-state index contributed by atoms with van der Waals surface area (Å²) in [5.41, 5.74) is 3.74. The van der Waals surface area contributed by atoms with E-state index in [-0.39, 0.29) is 0 Å². The fraction of sp³-hybridized carbons (Fsp3) is 0. The van der Waals surface area contributed by atoms with Gasteiger partial charge in [-0.2, -0.15) is 0 Å². The van der Waals surface area contributed by atoms with Crippen LogP contribution >= 0.6 is 0 Å². The number of furan rings is 1. The fourth-order valence-electron chi connectivity index (χ4n) is 5.93. The third kappa shape index (κ3) is 2.62. The molecule has 0 amide bonds. The number of hydrogen-bond donors (Lipinski definition) is 1. The van der Waals surface area contributed by atoms with Crippen molar-refractivity contribution in [3.05, 3.63) is 103 Å². The molecule has 1 N–H and O–H groups in total. The standard InChI is InChI=1S/C32H19BO3/c34-33-36-28-17-21-4-1-2-7-24(21)31-26-15-12-22(16-27(26)35-32(28)31)23-13-10-20-9-8-18-5-3-6-19-11-14-25(23)30(20)29(18)19/h1-17,33-34H. The monoisotopic (exact) mass is 462 g/mol. The predicted octanol–water partition coefficient (Wildman–Crippen LogP) is 7.94. The van der Waals surface area contributed by atoms with Crippen LogP contribution in [0.5, 0.6) is 5.75 Å². The molecule has 1 heterocycles. The van der Waals surface area contributed by atoms with E-state index in [4.69, 9.17) is 9.07 Å². The molecular formula is C32H19BO3. The molecule has 0 bridgehead atoms. The second-order valence-corrected chi connectivity index (χ2v) is 9.36. The van der Waals surface area contributed by atoms with Crippen molar-refractivity contribution >= 4 is 72.7 Å². The normalized spacial score (nSPS) is 12.0. The quantitative estimate of drug-likeness (QED) is 0.214. The molecule has 0 saturated carbocycles. The van der Waals surface area contributed by atoms with Gasteiger partial charge < -0.3 is 14.1 Å². The Morgan fingerprint density at radius 1 is 0.583 bits per heavy atom. The minimum absolute atomic E-state index is 0.404. The lowest BCUT2D eigenvalue weighted by Gasteiger charge is -2.14. The van der Waals surface area contributed by atoms with Crippen LogP contribution < -0.4 is 4.65 Å². The highest BCUT2D eigenvalue weighted by molar-refractivity contribution is 6.26. The van der Waals surface area contributed by atoms with Crippen LogP contribution in [0.4, 0.5) is 0 Å². The maximum atomic E-state index is 9.47. The van der Waals surface area contributed by atoms with Crippen molar-refractivity contribution in [3.8, 4) is 16.9 Å². The van der Waals surface area contributed by atoms with Crippen LogP contribution in [0.25, 0.3) is 76.2 Å². The van der Waals surface area contributed by atoms with Crippen LogP contribution in [0.15, 0.2) is 108 Å². The smallest absolute Gasteiger partial charge is 0.504 e. The number of rotatable bonds is 3. The molecule has 0 spiro atoms. The van der Waals surface area contributed by atoms with Crippen molar-refractivity contribution in [1.82, 2.24) is 0 Å². The van der Waals surface area contributed by atoms with E-state index in [0.29, 0.717) is 11.3 Å². The number of hydrogen-bond acceptors (Lipinski definition) is 3. The Morgan fingerprint density at radius 2 is 1.31 bits per heavy atom. The molecule has 0 saturated heterocycles. The first kappa shape index (κ1) is 19.7. The molecule has 4 heteroatoms. The van der Waals surface area contributed by atoms with Crippen LogP contribution in [0.3, 0.4) is 0 Å². The first-order valence-electron chi connectivity index (χ1n) is 12.1. The minimum atomic E-state index is -0.404. The molecule has 0 aliphatic rings. The molecule has 0 fully saturated rings. The van der Waals surface area contributed by atoms with Crippen LogP contribution in [0.2, 0.25) is 0 Å². The van der Waals surface area contributed by atoms with Crippen LogP contribution in [-0.2, 0) is 0 Å². The molecule has 0 aliphatic heterocycles. The third-order valence-corrected chi connectivity index (χ3v) is 7.49. The molecule has 36 heavy (non-hydrogen) atoms. The minimum Gasteiger partial charge on any atom is -0.536 e. The average Bonchev–Trinajstić information content (AvgIpc) is 3.31. The SMILES string of the molecule is OBOc1cc2ccccc2c2c1oc1cc(-c3ccc4ccc5cccc6ccc3c4c56)ccc12. The van der Waals surface area contributed by atoms with Crippen molar-refractivity contribution in [1.29, 1.82) is 0 Å². The van der Waals surface area contributed by atoms with Gasteiger partial charge in [0.1, 0.15) is 11.3 Å². The van der Waals surface area contributed by atoms with Gasteiger partial charge in [-0.3, -0.25) is 0 Å². The second kappa shape index (κ2) is 7.23. The van der Waals surface area contributed by atoms with Gasteiger partial charge in [-0.1, -0.05) is 84.9 Å². The van der Waals surface area contributed by atoms with Gasteiger partial charge in [-0.25, -0.2) is 0 Å². The topological polar surface area (TPSA) is 42.6 Å². The van der Waals surface area contributed by atoms with E-state index in [1.165, 1.54) is 37.9 Å². The Morgan fingerprint density at radius 3 is 2.17 bits per heavy atom. The van der Waals surface area contributed by atoms with Gasteiger partial charge in [-0.15, -0.1) is 0 Å². The van der Waals surface area contributed by atoms with Gasteiger partial charge >= 0.3 is 7.69 Å². The maximum absolute atomic E-state index is 9.47. The Balaban J connectivity index is 1.43. The van der Waals surface area contributed by atoms with E-state index < -0.39 is 7.69 Å². The summed E-state index contributed by atoms with van der Waals surface area (Å²) in [6.45, 7) is 0. The van der Waals surface area contributed by atoms with E-state index in [9.17, 15) is 5.02 Å². The average molecular weight is 462 g/mol. The molecule has 0 unspecified atom stereocenters. The summed E-state index contributed by atoms with van der Waals surface area (Å²) in [6.07, 6.45) is 0. The number of fused-ring (bicyclic) bond motifs is 5. The van der Waals surface area contributed by atoms with Crippen molar-refractivity contribution in [2.24, 2.45) is 0 Å². The zero-order valence-corrected chi connectivity index (χ0v) is 19.3. The Bertz CT molecular complexity index is 2110. The molecule has 1 aromatic heterocycles. The highest BCUT2D eigenvalue weighted by atomic mass is 16.5. The van der Waals surface area contributed by atoms with Crippen LogP contribution in [0.1, 0.15) is 0 Å². The van der Waals surface area contributed by atoms with Crippen LogP contribution in [-0.4, -0.2) is 12.7 Å². The zero-order chi connectivity index (χ0) is 23.8. The van der Waals surface area contributed by atoms with E-state index in [1.54, 1.807) is 0 Å². The highest BCUT2D eigenvalue weighted by Gasteiger charge is 2.18. The van der Waals surface area contributed by atoms with Gasteiger partial charge in [0.25, 0.3) is 0 Å². The summed E-state index contributed by atoms with van der Waals surface area (Å²) in [6, 6.07) is 36.4. The maximum Gasteiger partial charge on any atom is 0.504 e. The summed E-state index contributed by atoms with van der Waals surface area (Å²) < 4.78 is 12.0. The predicted molar refractivity (Wildman–Crippen MR) is 150 cm³/mol. The third-order valence-electron chi connectivity index (χ3n) is 7.49. The van der Waals surface area contributed by atoms with Crippen molar-refractivity contribution in [2.75, 3.05) is 0 Å².